The van der Waals surface area contributed by atoms with Crippen molar-refractivity contribution in [3.63, 3.8) is 0 Å². The van der Waals surface area contributed by atoms with E-state index in [0.29, 0.717) is 16.8 Å². The number of fused-ring (bicyclic) bond motifs is 1. The van der Waals surface area contributed by atoms with Gasteiger partial charge in [0.05, 0.1) is 6.10 Å². The third-order valence-electron chi connectivity index (χ3n) is 1.54. The van der Waals surface area contributed by atoms with Gasteiger partial charge in [-0.05, 0) is 13.8 Å². The second-order valence-electron chi connectivity index (χ2n) is 3.06. The summed E-state index contributed by atoms with van der Waals surface area (Å²) in [6.07, 6.45) is 1.46. The number of aromatic nitrogens is 4. The van der Waals surface area contributed by atoms with Crippen molar-refractivity contribution < 1.29 is 4.74 Å². The molecule has 0 aromatic carbocycles. The van der Waals surface area contributed by atoms with Gasteiger partial charge >= 0.3 is 0 Å². The minimum absolute atomic E-state index is 0.0564. The SMILES string of the molecule is CC(C)Oc1cc(Cl)nc2ncnn12. The van der Waals surface area contributed by atoms with Gasteiger partial charge in [0.25, 0.3) is 5.78 Å². The van der Waals surface area contributed by atoms with E-state index in [0.717, 1.165) is 0 Å². The van der Waals surface area contributed by atoms with Gasteiger partial charge in [0.15, 0.2) is 0 Å². The summed E-state index contributed by atoms with van der Waals surface area (Å²) in [6, 6.07) is 1.61. The molecule has 0 atom stereocenters. The standard InChI is InChI=1S/C8H9ClN4O/c1-5(2)14-7-3-6(9)12-8-10-4-11-13(7)8/h3-5H,1-2H3. The maximum atomic E-state index is 5.79. The number of nitrogens with zero attached hydrogens (tertiary/aromatic N) is 4. The van der Waals surface area contributed by atoms with E-state index in [-0.39, 0.29) is 6.10 Å². The molecule has 2 heterocycles. The van der Waals surface area contributed by atoms with Crippen LogP contribution in [0.3, 0.4) is 0 Å². The van der Waals surface area contributed by atoms with E-state index in [2.05, 4.69) is 15.1 Å². The van der Waals surface area contributed by atoms with Gasteiger partial charge in [-0.1, -0.05) is 11.6 Å². The molecule has 0 spiro atoms. The quantitative estimate of drug-likeness (QED) is 0.709. The first kappa shape index (κ1) is 9.21. The van der Waals surface area contributed by atoms with Crippen molar-refractivity contribution >= 4 is 17.4 Å². The van der Waals surface area contributed by atoms with Gasteiger partial charge in [0.2, 0.25) is 5.88 Å². The van der Waals surface area contributed by atoms with Crippen LogP contribution in [0.4, 0.5) is 0 Å². The van der Waals surface area contributed by atoms with E-state index in [4.69, 9.17) is 16.3 Å². The zero-order valence-corrected chi connectivity index (χ0v) is 8.56. The lowest BCUT2D eigenvalue weighted by Gasteiger charge is -2.09. The highest BCUT2D eigenvalue weighted by atomic mass is 35.5. The molecule has 0 aliphatic heterocycles. The lowest BCUT2D eigenvalue weighted by molar-refractivity contribution is 0.226. The highest BCUT2D eigenvalue weighted by Gasteiger charge is 2.08. The number of halogens is 1. The molecule has 0 aliphatic carbocycles. The molecule has 2 aromatic rings. The Balaban J connectivity index is 2.55. The third-order valence-corrected chi connectivity index (χ3v) is 1.74. The van der Waals surface area contributed by atoms with Crippen molar-refractivity contribution in [1.29, 1.82) is 0 Å². The lowest BCUT2D eigenvalue weighted by atomic mass is 10.5. The van der Waals surface area contributed by atoms with Crippen LogP contribution in [0.5, 0.6) is 5.88 Å². The van der Waals surface area contributed by atoms with Crippen molar-refractivity contribution in [2.45, 2.75) is 20.0 Å². The summed E-state index contributed by atoms with van der Waals surface area (Å²) in [5.74, 6) is 0.987. The molecule has 5 nitrogen and oxygen atoms in total. The Morgan fingerprint density at radius 2 is 2.29 bits per heavy atom. The first-order valence-electron chi connectivity index (χ1n) is 4.20. The van der Waals surface area contributed by atoms with Gasteiger partial charge in [0.1, 0.15) is 11.5 Å². The maximum Gasteiger partial charge on any atom is 0.256 e. The summed E-state index contributed by atoms with van der Waals surface area (Å²) in [6.45, 7) is 3.86. The molecule has 2 rings (SSSR count). The predicted molar refractivity (Wildman–Crippen MR) is 51.6 cm³/mol. The van der Waals surface area contributed by atoms with Gasteiger partial charge < -0.3 is 4.74 Å². The van der Waals surface area contributed by atoms with E-state index in [1.54, 1.807) is 6.07 Å². The molecule has 0 saturated carbocycles. The summed E-state index contributed by atoms with van der Waals surface area (Å²) in [5, 5.41) is 4.32. The Morgan fingerprint density at radius 3 is 3.00 bits per heavy atom. The van der Waals surface area contributed by atoms with Crippen molar-refractivity contribution in [1.82, 2.24) is 19.6 Å². The maximum absolute atomic E-state index is 5.79. The Kier molecular flexibility index (Phi) is 2.25. The van der Waals surface area contributed by atoms with Crippen molar-refractivity contribution in [3.8, 4) is 5.88 Å². The monoisotopic (exact) mass is 212 g/mol. The Labute approximate surface area is 85.7 Å². The minimum Gasteiger partial charge on any atom is -0.475 e. The fourth-order valence-electron chi connectivity index (χ4n) is 1.08. The number of hydrogen-bond acceptors (Lipinski definition) is 4. The summed E-state index contributed by atoms with van der Waals surface area (Å²) >= 11 is 5.79. The number of hydrogen-bond donors (Lipinski definition) is 0. The molecule has 0 bridgehead atoms. The van der Waals surface area contributed by atoms with Crippen LogP contribution in [-0.4, -0.2) is 25.7 Å². The van der Waals surface area contributed by atoms with Crippen LogP contribution in [-0.2, 0) is 0 Å². The van der Waals surface area contributed by atoms with Gasteiger partial charge in [-0.2, -0.15) is 19.6 Å². The lowest BCUT2D eigenvalue weighted by Crippen LogP contribution is -2.09. The van der Waals surface area contributed by atoms with E-state index in [1.807, 2.05) is 13.8 Å². The first-order chi connectivity index (χ1) is 6.66. The summed E-state index contributed by atoms with van der Waals surface area (Å²) in [4.78, 5) is 7.90. The van der Waals surface area contributed by atoms with Crippen LogP contribution in [0.15, 0.2) is 12.4 Å². The molecule has 0 N–H and O–H groups in total. The highest BCUT2D eigenvalue weighted by molar-refractivity contribution is 6.29. The molecular weight excluding hydrogens is 204 g/mol. The number of rotatable bonds is 2. The fourth-order valence-corrected chi connectivity index (χ4v) is 1.25. The summed E-state index contributed by atoms with van der Waals surface area (Å²) in [7, 11) is 0. The van der Waals surface area contributed by atoms with Crippen LogP contribution < -0.4 is 4.74 Å². The molecule has 0 aliphatic rings. The minimum atomic E-state index is 0.0564. The van der Waals surface area contributed by atoms with Crippen molar-refractivity contribution in [3.05, 3.63) is 17.5 Å². The molecule has 0 saturated heterocycles. The van der Waals surface area contributed by atoms with Crippen LogP contribution in [0.25, 0.3) is 5.78 Å². The van der Waals surface area contributed by atoms with Crippen LogP contribution in [0.1, 0.15) is 13.8 Å². The van der Waals surface area contributed by atoms with Crippen molar-refractivity contribution in [2.75, 3.05) is 0 Å². The molecule has 0 unspecified atom stereocenters. The fraction of sp³-hybridized carbons (Fsp3) is 0.375. The summed E-state index contributed by atoms with van der Waals surface area (Å²) < 4.78 is 7.01. The van der Waals surface area contributed by atoms with E-state index in [9.17, 15) is 0 Å². The van der Waals surface area contributed by atoms with Crippen LogP contribution in [0, 0.1) is 0 Å². The molecule has 74 valence electrons. The van der Waals surface area contributed by atoms with E-state index >= 15 is 0 Å². The highest BCUT2D eigenvalue weighted by Crippen LogP contribution is 2.17. The smallest absolute Gasteiger partial charge is 0.256 e. The van der Waals surface area contributed by atoms with Crippen LogP contribution in [0.2, 0.25) is 5.15 Å². The van der Waals surface area contributed by atoms with E-state index < -0.39 is 0 Å². The molecule has 0 fully saturated rings. The Morgan fingerprint density at radius 1 is 1.50 bits per heavy atom. The topological polar surface area (TPSA) is 52.3 Å². The number of ether oxygens (including phenoxy) is 1. The normalized spacial score (nSPS) is 11.1. The zero-order chi connectivity index (χ0) is 10.1. The van der Waals surface area contributed by atoms with E-state index in [1.165, 1.54) is 10.8 Å². The van der Waals surface area contributed by atoms with Gasteiger partial charge in [-0.3, -0.25) is 0 Å². The molecule has 6 heteroatoms. The average Bonchev–Trinajstić information content (AvgIpc) is 2.50. The molecule has 2 aromatic heterocycles. The first-order valence-corrected chi connectivity index (χ1v) is 4.57. The van der Waals surface area contributed by atoms with Gasteiger partial charge in [-0.15, -0.1) is 0 Å². The average molecular weight is 213 g/mol. The summed E-state index contributed by atoms with van der Waals surface area (Å²) in [5.41, 5.74) is 0. The van der Waals surface area contributed by atoms with Crippen molar-refractivity contribution in [2.24, 2.45) is 0 Å². The Hall–Kier alpha value is -1.36. The van der Waals surface area contributed by atoms with Gasteiger partial charge in [0, 0.05) is 6.07 Å². The molecule has 0 amide bonds. The largest absolute Gasteiger partial charge is 0.475 e. The van der Waals surface area contributed by atoms with Gasteiger partial charge in [-0.25, -0.2) is 0 Å². The predicted octanol–water partition coefficient (Wildman–Crippen LogP) is 1.56. The molecule has 0 radical (unpaired) electrons. The second kappa shape index (κ2) is 3.42. The third kappa shape index (κ3) is 1.63. The molecular formula is C8H9ClN4O. The van der Waals surface area contributed by atoms with Crippen LogP contribution >= 0.6 is 11.6 Å². The second-order valence-corrected chi connectivity index (χ2v) is 3.44. The Bertz CT molecular complexity index is 454. The molecule has 14 heavy (non-hydrogen) atoms. The zero-order valence-electron chi connectivity index (χ0n) is 7.81.